The van der Waals surface area contributed by atoms with Crippen LogP contribution < -0.4 is 11.5 Å². The number of nitrogens with two attached hydrogens (primary N) is 2. The van der Waals surface area contributed by atoms with E-state index in [1.54, 1.807) is 0 Å². The van der Waals surface area contributed by atoms with Crippen LogP contribution in [0.2, 0.25) is 0 Å². The van der Waals surface area contributed by atoms with Crippen molar-refractivity contribution in [3.05, 3.63) is 29.8 Å². The van der Waals surface area contributed by atoms with Gasteiger partial charge >= 0.3 is 5.97 Å². The van der Waals surface area contributed by atoms with E-state index >= 15 is 0 Å². The molecule has 1 atom stereocenters. The van der Waals surface area contributed by atoms with E-state index in [-0.39, 0.29) is 5.97 Å². The fraction of sp³-hybridized carbons (Fsp3) is 0.500. The van der Waals surface area contributed by atoms with E-state index in [9.17, 15) is 4.79 Å². The quantitative estimate of drug-likeness (QED) is 0.609. The van der Waals surface area contributed by atoms with E-state index < -0.39 is 5.41 Å². The maximum atomic E-state index is 12.1. The van der Waals surface area contributed by atoms with Crippen LogP contribution in [0.15, 0.2) is 24.3 Å². The highest BCUT2D eigenvalue weighted by molar-refractivity contribution is 5.78. The molecule has 1 aromatic carbocycles. The van der Waals surface area contributed by atoms with Crippen molar-refractivity contribution in [3.63, 3.8) is 0 Å². The first-order valence-electron chi connectivity index (χ1n) is 6.25. The van der Waals surface area contributed by atoms with Gasteiger partial charge in [0.15, 0.2) is 0 Å². The number of nitrogen functional groups attached to an aromatic ring is 1. The molecule has 0 bridgehead atoms. The molecule has 4 heteroatoms. The van der Waals surface area contributed by atoms with Crippen LogP contribution >= 0.6 is 0 Å². The van der Waals surface area contributed by atoms with Crippen molar-refractivity contribution in [1.82, 2.24) is 0 Å². The lowest BCUT2D eigenvalue weighted by Crippen LogP contribution is -2.43. The van der Waals surface area contributed by atoms with Gasteiger partial charge in [0.05, 0.1) is 12.5 Å². The fourth-order valence-corrected chi connectivity index (χ4v) is 2.61. The minimum Gasteiger partial charge on any atom is -0.469 e. The number of ether oxygens (including phenoxy) is 1. The first-order valence-corrected chi connectivity index (χ1v) is 6.25. The third-order valence-electron chi connectivity index (χ3n) is 3.79. The molecule has 1 aromatic rings. The average molecular weight is 248 g/mol. The van der Waals surface area contributed by atoms with Gasteiger partial charge in [-0.05, 0) is 42.9 Å². The average Bonchev–Trinajstić information content (AvgIpc) is 3.19. The minimum atomic E-state index is -0.581. The first-order chi connectivity index (χ1) is 8.62. The van der Waals surface area contributed by atoms with Crippen molar-refractivity contribution < 1.29 is 9.53 Å². The number of carbonyl (C=O) groups excluding carboxylic acids is 1. The SMILES string of the molecule is COC(=O)C(CN)(Cc1cccc(N)c1)C1CC1. The summed E-state index contributed by atoms with van der Waals surface area (Å²) in [4.78, 5) is 12.1. The van der Waals surface area contributed by atoms with E-state index in [1.807, 2.05) is 24.3 Å². The van der Waals surface area contributed by atoms with Gasteiger partial charge in [-0.3, -0.25) is 4.79 Å². The van der Waals surface area contributed by atoms with Crippen LogP contribution in [0.25, 0.3) is 0 Å². The lowest BCUT2D eigenvalue weighted by molar-refractivity contribution is -0.153. The zero-order valence-corrected chi connectivity index (χ0v) is 10.7. The third kappa shape index (κ3) is 2.34. The van der Waals surface area contributed by atoms with Gasteiger partial charge in [0.25, 0.3) is 0 Å². The molecular formula is C14H20N2O2. The van der Waals surface area contributed by atoms with Gasteiger partial charge in [-0.1, -0.05) is 12.1 Å². The molecule has 4 nitrogen and oxygen atoms in total. The lowest BCUT2D eigenvalue weighted by Gasteiger charge is -2.29. The number of carbonyl (C=O) groups is 1. The van der Waals surface area contributed by atoms with Crippen molar-refractivity contribution in [2.24, 2.45) is 17.1 Å². The molecule has 1 unspecified atom stereocenters. The summed E-state index contributed by atoms with van der Waals surface area (Å²) < 4.78 is 4.96. The lowest BCUT2D eigenvalue weighted by atomic mass is 9.77. The summed E-state index contributed by atoms with van der Waals surface area (Å²) in [5.74, 6) is 0.145. The molecule has 0 amide bonds. The molecule has 0 saturated heterocycles. The standard InChI is InChI=1S/C14H20N2O2/c1-18-13(17)14(9-15,11-5-6-11)8-10-3-2-4-12(16)7-10/h2-4,7,11H,5-6,8-9,15-16H2,1H3. The second-order valence-corrected chi connectivity index (χ2v) is 5.05. The molecule has 1 aliphatic carbocycles. The molecule has 2 rings (SSSR count). The van der Waals surface area contributed by atoms with Crippen molar-refractivity contribution in [1.29, 1.82) is 0 Å². The summed E-state index contributed by atoms with van der Waals surface area (Å²) in [5, 5.41) is 0. The summed E-state index contributed by atoms with van der Waals surface area (Å²) in [7, 11) is 1.43. The second kappa shape index (κ2) is 4.98. The number of anilines is 1. The monoisotopic (exact) mass is 248 g/mol. The third-order valence-corrected chi connectivity index (χ3v) is 3.79. The first kappa shape index (κ1) is 12.9. The van der Waals surface area contributed by atoms with Gasteiger partial charge < -0.3 is 16.2 Å². The minimum absolute atomic E-state index is 0.199. The number of benzene rings is 1. The molecule has 1 fully saturated rings. The Labute approximate surface area is 107 Å². The summed E-state index contributed by atoms with van der Waals surface area (Å²) in [6.07, 6.45) is 2.70. The van der Waals surface area contributed by atoms with Crippen LogP contribution in [-0.2, 0) is 16.0 Å². The molecule has 0 aliphatic heterocycles. The summed E-state index contributed by atoms with van der Waals surface area (Å²) in [6, 6.07) is 7.61. The van der Waals surface area contributed by atoms with Gasteiger partial charge in [0.1, 0.15) is 0 Å². The highest BCUT2D eigenvalue weighted by Crippen LogP contribution is 2.47. The largest absolute Gasteiger partial charge is 0.469 e. The Morgan fingerprint density at radius 3 is 2.72 bits per heavy atom. The molecule has 1 aliphatic rings. The van der Waals surface area contributed by atoms with Gasteiger partial charge in [0, 0.05) is 12.2 Å². The van der Waals surface area contributed by atoms with Gasteiger partial charge in [-0.25, -0.2) is 0 Å². The normalized spacial score (nSPS) is 18.1. The van der Waals surface area contributed by atoms with Crippen molar-refractivity contribution in [3.8, 4) is 0 Å². The maximum Gasteiger partial charge on any atom is 0.313 e. The number of methoxy groups -OCH3 is 1. The topological polar surface area (TPSA) is 78.3 Å². The van der Waals surface area contributed by atoms with Crippen LogP contribution in [0.3, 0.4) is 0 Å². The molecule has 98 valence electrons. The summed E-state index contributed by atoms with van der Waals surface area (Å²) in [6.45, 7) is 0.319. The van der Waals surface area contributed by atoms with Crippen molar-refractivity contribution in [2.45, 2.75) is 19.3 Å². The molecular weight excluding hydrogens is 228 g/mol. The zero-order valence-electron chi connectivity index (χ0n) is 10.7. The molecule has 4 N–H and O–H groups in total. The highest BCUT2D eigenvalue weighted by Gasteiger charge is 2.50. The Kier molecular flexibility index (Phi) is 3.57. The van der Waals surface area contributed by atoms with Gasteiger partial charge in [0.2, 0.25) is 0 Å². The summed E-state index contributed by atoms with van der Waals surface area (Å²) in [5.41, 5.74) is 12.8. The molecule has 18 heavy (non-hydrogen) atoms. The number of esters is 1. The predicted octanol–water partition coefficient (Wildman–Crippen LogP) is 1.34. The Bertz CT molecular complexity index is 443. The summed E-state index contributed by atoms with van der Waals surface area (Å²) >= 11 is 0. The van der Waals surface area contributed by atoms with E-state index in [1.165, 1.54) is 7.11 Å². The Hall–Kier alpha value is -1.55. The number of hydrogen-bond acceptors (Lipinski definition) is 4. The maximum absolute atomic E-state index is 12.1. The molecule has 0 aromatic heterocycles. The van der Waals surface area contributed by atoms with E-state index in [4.69, 9.17) is 16.2 Å². The Morgan fingerprint density at radius 1 is 1.50 bits per heavy atom. The van der Waals surface area contributed by atoms with E-state index in [2.05, 4.69) is 0 Å². The highest BCUT2D eigenvalue weighted by atomic mass is 16.5. The van der Waals surface area contributed by atoms with E-state index in [0.717, 1.165) is 18.4 Å². The smallest absolute Gasteiger partial charge is 0.313 e. The van der Waals surface area contributed by atoms with Crippen molar-refractivity contribution >= 4 is 11.7 Å². The van der Waals surface area contributed by atoms with Crippen LogP contribution in [0, 0.1) is 11.3 Å². The predicted molar refractivity (Wildman–Crippen MR) is 70.8 cm³/mol. The number of hydrogen-bond donors (Lipinski definition) is 2. The molecule has 0 heterocycles. The zero-order chi connectivity index (χ0) is 13.2. The molecule has 1 saturated carbocycles. The molecule has 0 radical (unpaired) electrons. The Morgan fingerprint density at radius 2 is 2.22 bits per heavy atom. The van der Waals surface area contributed by atoms with E-state index in [0.29, 0.717) is 24.6 Å². The van der Waals surface area contributed by atoms with Crippen LogP contribution in [0.5, 0.6) is 0 Å². The van der Waals surface area contributed by atoms with Crippen molar-refractivity contribution in [2.75, 3.05) is 19.4 Å². The van der Waals surface area contributed by atoms with Crippen LogP contribution in [0.1, 0.15) is 18.4 Å². The van der Waals surface area contributed by atoms with Gasteiger partial charge in [-0.2, -0.15) is 0 Å². The molecule has 0 spiro atoms. The Balaban J connectivity index is 2.27. The fourth-order valence-electron chi connectivity index (χ4n) is 2.61. The number of rotatable bonds is 5. The van der Waals surface area contributed by atoms with Crippen LogP contribution in [0.4, 0.5) is 5.69 Å². The van der Waals surface area contributed by atoms with Gasteiger partial charge in [-0.15, -0.1) is 0 Å². The second-order valence-electron chi connectivity index (χ2n) is 5.05. The van der Waals surface area contributed by atoms with Crippen LogP contribution in [-0.4, -0.2) is 19.6 Å².